The van der Waals surface area contributed by atoms with Crippen molar-refractivity contribution in [2.45, 2.75) is 271 Å². The van der Waals surface area contributed by atoms with Gasteiger partial charge in [-0.15, -0.1) is 0 Å². The van der Waals surface area contributed by atoms with Crippen LogP contribution in [0, 0.1) is 50.7 Å². The molecule has 8 aliphatic heterocycles. The van der Waals surface area contributed by atoms with Gasteiger partial charge in [0.15, 0.2) is 0 Å². The molecule has 8 saturated heterocycles. The Bertz CT molecular complexity index is 1570. The molecular formula is C69H138N8. The number of piperidine rings is 6. The van der Waals surface area contributed by atoms with Gasteiger partial charge >= 0.3 is 0 Å². The Morgan fingerprint density at radius 2 is 0.506 bits per heavy atom. The summed E-state index contributed by atoms with van der Waals surface area (Å²) in [5, 5.41) is 0. The lowest BCUT2D eigenvalue weighted by atomic mass is 9.70. The van der Waals surface area contributed by atoms with E-state index in [4.69, 9.17) is 0 Å². The van der Waals surface area contributed by atoms with Gasteiger partial charge in [-0.05, 0) is 310 Å². The molecule has 8 fully saturated rings. The van der Waals surface area contributed by atoms with E-state index >= 15 is 0 Å². The van der Waals surface area contributed by atoms with E-state index in [-0.39, 0.29) is 0 Å². The van der Waals surface area contributed by atoms with Crippen LogP contribution in [0.5, 0.6) is 0 Å². The smallest absolute Gasteiger partial charge is 0.0125 e. The van der Waals surface area contributed by atoms with Gasteiger partial charge in [-0.25, -0.2) is 0 Å². The van der Waals surface area contributed by atoms with Crippen LogP contribution in [0.4, 0.5) is 0 Å². The highest BCUT2D eigenvalue weighted by Crippen LogP contribution is 2.45. The summed E-state index contributed by atoms with van der Waals surface area (Å²) in [6.07, 6.45) is 17.0. The highest BCUT2D eigenvalue weighted by atomic mass is 15.2. The quantitative estimate of drug-likeness (QED) is 0.269. The van der Waals surface area contributed by atoms with Crippen LogP contribution >= 0.6 is 0 Å². The van der Waals surface area contributed by atoms with Crippen LogP contribution in [0.15, 0.2) is 0 Å². The lowest BCUT2D eigenvalue weighted by Crippen LogP contribution is -2.54. The molecular weight excluding hydrogens is 941 g/mol. The van der Waals surface area contributed by atoms with Crippen LogP contribution in [0.1, 0.15) is 243 Å². The molecule has 0 aromatic heterocycles. The largest absolute Gasteiger partial charge is 0.303 e. The van der Waals surface area contributed by atoms with Crippen molar-refractivity contribution in [1.29, 1.82) is 0 Å². The van der Waals surface area contributed by atoms with Crippen LogP contribution in [0.3, 0.4) is 0 Å². The van der Waals surface area contributed by atoms with Gasteiger partial charge in [-0.1, -0.05) is 62.3 Å². The molecule has 0 unspecified atom stereocenters. The Balaban J connectivity index is 0.000000189. The van der Waals surface area contributed by atoms with E-state index in [9.17, 15) is 0 Å². The fraction of sp³-hybridized carbons (Fsp3) is 1.00. The minimum atomic E-state index is 0.355. The van der Waals surface area contributed by atoms with Crippen molar-refractivity contribution in [3.05, 3.63) is 0 Å². The van der Waals surface area contributed by atoms with Crippen LogP contribution < -0.4 is 0 Å². The van der Waals surface area contributed by atoms with Crippen molar-refractivity contribution >= 4 is 0 Å². The van der Waals surface area contributed by atoms with Crippen molar-refractivity contribution in [2.24, 2.45) is 50.7 Å². The molecule has 0 bridgehead atoms. The maximum Gasteiger partial charge on any atom is 0.0125 e. The molecule has 2 spiro atoms. The van der Waals surface area contributed by atoms with Crippen molar-refractivity contribution in [1.82, 2.24) is 39.2 Å². The third kappa shape index (κ3) is 21.4. The van der Waals surface area contributed by atoms with Gasteiger partial charge in [0.25, 0.3) is 0 Å². The van der Waals surface area contributed by atoms with E-state index in [1.807, 2.05) is 0 Å². The van der Waals surface area contributed by atoms with Crippen molar-refractivity contribution in [3.8, 4) is 0 Å². The molecule has 8 heteroatoms. The topological polar surface area (TPSA) is 25.9 Å². The monoisotopic (exact) mass is 1080 g/mol. The van der Waals surface area contributed by atoms with E-state index in [2.05, 4.69) is 205 Å². The molecule has 0 saturated carbocycles. The van der Waals surface area contributed by atoms with Crippen LogP contribution in [0.2, 0.25) is 0 Å². The zero-order valence-electron chi connectivity index (χ0n) is 56.8. The Morgan fingerprint density at radius 3 is 0.714 bits per heavy atom. The number of hydrogen-bond acceptors (Lipinski definition) is 8. The third-order valence-electron chi connectivity index (χ3n) is 21.5. The Morgan fingerprint density at radius 1 is 0.286 bits per heavy atom. The summed E-state index contributed by atoms with van der Waals surface area (Å²) in [5.41, 5.74) is 4.59. The number of likely N-dealkylation sites (tertiary alicyclic amines) is 8. The molecule has 0 aliphatic carbocycles. The van der Waals surface area contributed by atoms with Crippen molar-refractivity contribution in [3.63, 3.8) is 0 Å². The Kier molecular flexibility index (Phi) is 23.0. The first-order valence-electron chi connectivity index (χ1n) is 33.0. The second-order valence-electron chi connectivity index (χ2n) is 36.1. The zero-order chi connectivity index (χ0) is 57.8. The van der Waals surface area contributed by atoms with Crippen molar-refractivity contribution in [2.75, 3.05) is 124 Å². The maximum atomic E-state index is 2.70. The summed E-state index contributed by atoms with van der Waals surface area (Å²) >= 11 is 0. The van der Waals surface area contributed by atoms with Gasteiger partial charge in [-0.2, -0.15) is 0 Å². The van der Waals surface area contributed by atoms with Gasteiger partial charge < -0.3 is 14.7 Å². The second kappa shape index (κ2) is 26.3. The first-order chi connectivity index (χ1) is 35.0. The summed E-state index contributed by atoms with van der Waals surface area (Å²) in [6, 6.07) is 0. The summed E-state index contributed by atoms with van der Waals surface area (Å²) in [5.74, 6) is 3.73. The molecule has 0 N–H and O–H groups in total. The van der Waals surface area contributed by atoms with E-state index in [0.717, 1.165) is 23.7 Å². The third-order valence-corrected chi connectivity index (χ3v) is 21.5. The van der Waals surface area contributed by atoms with Crippen LogP contribution in [0.25, 0.3) is 0 Å². The zero-order valence-corrected chi connectivity index (χ0v) is 56.8. The molecule has 454 valence electrons. The van der Waals surface area contributed by atoms with Crippen LogP contribution in [-0.2, 0) is 0 Å². The molecule has 0 aromatic rings. The maximum absolute atomic E-state index is 2.70. The van der Waals surface area contributed by atoms with Gasteiger partial charge in [0, 0.05) is 73.5 Å². The van der Waals surface area contributed by atoms with Gasteiger partial charge in [-0.3, -0.25) is 24.5 Å². The lowest BCUT2D eigenvalue weighted by molar-refractivity contribution is -0.0162. The molecule has 8 heterocycles. The van der Waals surface area contributed by atoms with E-state index in [1.54, 1.807) is 0 Å². The molecule has 8 aliphatic rings. The van der Waals surface area contributed by atoms with Crippen LogP contribution in [-0.4, -0.2) is 191 Å². The lowest BCUT2D eigenvalue weighted by Gasteiger charge is -2.51. The fourth-order valence-electron chi connectivity index (χ4n) is 14.6. The average molecular weight is 1080 g/mol. The van der Waals surface area contributed by atoms with Gasteiger partial charge in [0.1, 0.15) is 0 Å². The summed E-state index contributed by atoms with van der Waals surface area (Å²) in [6.45, 7) is 81.6. The first-order valence-corrected chi connectivity index (χ1v) is 33.0. The van der Waals surface area contributed by atoms with Gasteiger partial charge in [0.05, 0.1) is 0 Å². The summed E-state index contributed by atoms with van der Waals surface area (Å²) in [7, 11) is 0. The Labute approximate surface area is 483 Å². The number of nitrogens with zero attached hydrogens (tertiary/aromatic N) is 8. The molecule has 77 heavy (non-hydrogen) atoms. The molecule has 0 amide bonds. The highest BCUT2D eigenvalue weighted by molar-refractivity contribution is 4.97. The summed E-state index contributed by atoms with van der Waals surface area (Å²) in [4.78, 5) is 21.4. The SMILES string of the molecule is CC(C)(C)C1CN(CC2CCN(C(C)(C)C)CC2)C1.CC(C)(C)C1CN(CC2CCN(C(C)(C)C)CC2)C1.CC(C)(C)CN1CCC2(CC1)CCN(C(C)(C)C)CC2.CC(C)(C)N1CCC2(CC1)CCN(C(C)(C)C)CC2. The van der Waals surface area contributed by atoms with Crippen molar-refractivity contribution < 1.29 is 0 Å². The average Bonchev–Trinajstić information content (AvgIpc) is 3.25. The van der Waals surface area contributed by atoms with Gasteiger partial charge in [0.2, 0.25) is 0 Å². The molecule has 8 rings (SSSR count). The minimum absolute atomic E-state index is 0.355. The summed E-state index contributed by atoms with van der Waals surface area (Å²) < 4.78 is 0. The number of hydrogen-bond donors (Lipinski definition) is 0. The van der Waals surface area contributed by atoms with E-state index < -0.39 is 0 Å². The minimum Gasteiger partial charge on any atom is -0.303 e. The second-order valence-corrected chi connectivity index (χ2v) is 36.1. The molecule has 0 radical (unpaired) electrons. The molecule has 0 aromatic carbocycles. The fourth-order valence-corrected chi connectivity index (χ4v) is 14.6. The molecule has 0 atom stereocenters. The molecule has 8 nitrogen and oxygen atoms in total. The standard InChI is InChI=1S/C18H36N2.3C17H34N2/c1-16(2,3)15-19-11-7-18(8-12-19)9-13-20(14-10-18)17(4,5)6;1-15(2,3)18-11-7-17(8-12-18)9-13-19(14-10-17)16(4,5)6;2*1-16(2,3)15-12-18(13-15)11-14-7-9-19(10-8-14)17(4,5)6/h7-15H2,1-6H3;7-14H2,1-6H3;2*14-15H,7-13H2,1-6H3. The van der Waals surface area contributed by atoms with E-state index in [0.29, 0.717) is 54.8 Å². The highest BCUT2D eigenvalue weighted by Gasteiger charge is 2.43. The normalized spacial score (nSPS) is 26.0. The number of rotatable bonds is 5. The predicted molar refractivity (Wildman–Crippen MR) is 339 cm³/mol. The predicted octanol–water partition coefficient (Wildman–Crippen LogP) is 14.7. The Hall–Kier alpha value is -0.320. The first kappa shape index (κ1) is 67.5. The van der Waals surface area contributed by atoms with E-state index in [1.165, 1.54) is 201 Å².